The standard InChI is InChI=1S/C9H15NO2/c1-2-12-9(11)5-7-3-8(4-7)6-10/h5,8H,2-4,6,10H2,1H3. The lowest BCUT2D eigenvalue weighted by Gasteiger charge is -2.27. The van der Waals surface area contributed by atoms with Crippen molar-refractivity contribution in [1.29, 1.82) is 0 Å². The average molecular weight is 169 g/mol. The highest BCUT2D eigenvalue weighted by Crippen LogP contribution is 2.31. The molecule has 2 N–H and O–H groups in total. The van der Waals surface area contributed by atoms with E-state index in [0.717, 1.165) is 19.4 Å². The molecule has 68 valence electrons. The van der Waals surface area contributed by atoms with Crippen molar-refractivity contribution < 1.29 is 9.53 Å². The number of carbonyl (C=O) groups is 1. The van der Waals surface area contributed by atoms with Crippen LogP contribution in [0.25, 0.3) is 0 Å². The molecule has 0 radical (unpaired) electrons. The lowest BCUT2D eigenvalue weighted by Crippen LogP contribution is -2.24. The topological polar surface area (TPSA) is 52.3 Å². The van der Waals surface area contributed by atoms with Crippen LogP contribution in [0.15, 0.2) is 11.6 Å². The van der Waals surface area contributed by atoms with Gasteiger partial charge in [-0.05, 0) is 32.2 Å². The van der Waals surface area contributed by atoms with E-state index in [1.165, 1.54) is 5.57 Å². The molecule has 0 bridgehead atoms. The lowest BCUT2D eigenvalue weighted by molar-refractivity contribution is -0.137. The SMILES string of the molecule is CCOC(=O)C=C1CC(CN)C1. The Hall–Kier alpha value is -0.830. The van der Waals surface area contributed by atoms with Crippen LogP contribution in [0, 0.1) is 5.92 Å². The van der Waals surface area contributed by atoms with Gasteiger partial charge in [0.1, 0.15) is 0 Å². The molecule has 0 aliphatic heterocycles. The Morgan fingerprint density at radius 2 is 2.42 bits per heavy atom. The Bertz CT molecular complexity index is 191. The van der Waals surface area contributed by atoms with Crippen LogP contribution in [-0.4, -0.2) is 19.1 Å². The molecule has 3 heteroatoms. The second kappa shape index (κ2) is 4.26. The first-order chi connectivity index (χ1) is 5.76. The van der Waals surface area contributed by atoms with Crippen molar-refractivity contribution in [3.63, 3.8) is 0 Å². The van der Waals surface area contributed by atoms with E-state index in [1.807, 2.05) is 0 Å². The zero-order valence-corrected chi connectivity index (χ0v) is 7.38. The van der Waals surface area contributed by atoms with Crippen molar-refractivity contribution in [3.8, 4) is 0 Å². The van der Waals surface area contributed by atoms with Crippen molar-refractivity contribution in [2.24, 2.45) is 11.7 Å². The zero-order chi connectivity index (χ0) is 8.97. The predicted molar refractivity (Wildman–Crippen MR) is 46.5 cm³/mol. The molecule has 1 fully saturated rings. The van der Waals surface area contributed by atoms with Crippen molar-refractivity contribution in [2.75, 3.05) is 13.2 Å². The molecule has 0 atom stereocenters. The van der Waals surface area contributed by atoms with Gasteiger partial charge in [0, 0.05) is 6.08 Å². The van der Waals surface area contributed by atoms with Gasteiger partial charge < -0.3 is 10.5 Å². The minimum absolute atomic E-state index is 0.219. The van der Waals surface area contributed by atoms with E-state index < -0.39 is 0 Å². The van der Waals surface area contributed by atoms with E-state index in [1.54, 1.807) is 13.0 Å². The van der Waals surface area contributed by atoms with Crippen molar-refractivity contribution in [3.05, 3.63) is 11.6 Å². The van der Waals surface area contributed by atoms with Crippen LogP contribution in [-0.2, 0) is 9.53 Å². The van der Waals surface area contributed by atoms with E-state index in [4.69, 9.17) is 10.5 Å². The van der Waals surface area contributed by atoms with Crippen LogP contribution in [0.1, 0.15) is 19.8 Å². The molecular weight excluding hydrogens is 154 g/mol. The number of ether oxygens (including phenoxy) is 1. The van der Waals surface area contributed by atoms with Crippen molar-refractivity contribution in [1.82, 2.24) is 0 Å². The predicted octanol–water partition coefficient (Wildman–Crippen LogP) is 0.845. The second-order valence-electron chi connectivity index (χ2n) is 3.06. The molecule has 0 amide bonds. The minimum atomic E-state index is -0.219. The van der Waals surface area contributed by atoms with Crippen LogP contribution in [0.3, 0.4) is 0 Å². The van der Waals surface area contributed by atoms with E-state index in [9.17, 15) is 4.79 Å². The van der Waals surface area contributed by atoms with Gasteiger partial charge in [0.15, 0.2) is 0 Å². The second-order valence-corrected chi connectivity index (χ2v) is 3.06. The van der Waals surface area contributed by atoms with Gasteiger partial charge in [0.2, 0.25) is 0 Å². The summed E-state index contributed by atoms with van der Waals surface area (Å²) >= 11 is 0. The maximum atomic E-state index is 10.9. The highest BCUT2D eigenvalue weighted by Gasteiger charge is 2.22. The first-order valence-electron chi connectivity index (χ1n) is 4.32. The van der Waals surface area contributed by atoms with Crippen molar-refractivity contribution in [2.45, 2.75) is 19.8 Å². The highest BCUT2D eigenvalue weighted by molar-refractivity contribution is 5.83. The number of hydrogen-bond acceptors (Lipinski definition) is 3. The molecule has 0 heterocycles. The van der Waals surface area contributed by atoms with E-state index in [2.05, 4.69) is 0 Å². The summed E-state index contributed by atoms with van der Waals surface area (Å²) in [6.45, 7) is 2.98. The Labute approximate surface area is 72.6 Å². The fraction of sp³-hybridized carbons (Fsp3) is 0.667. The summed E-state index contributed by atoms with van der Waals surface area (Å²) in [4.78, 5) is 10.9. The summed E-state index contributed by atoms with van der Waals surface area (Å²) in [7, 11) is 0. The summed E-state index contributed by atoms with van der Waals surface area (Å²) in [5.41, 5.74) is 6.61. The molecule has 12 heavy (non-hydrogen) atoms. The molecule has 0 aromatic rings. The number of esters is 1. The summed E-state index contributed by atoms with van der Waals surface area (Å²) in [6.07, 6.45) is 3.53. The third-order valence-corrected chi connectivity index (χ3v) is 2.04. The fourth-order valence-corrected chi connectivity index (χ4v) is 1.32. The molecule has 3 nitrogen and oxygen atoms in total. The van der Waals surface area contributed by atoms with Gasteiger partial charge in [-0.2, -0.15) is 0 Å². The lowest BCUT2D eigenvalue weighted by atomic mass is 9.80. The van der Waals surface area contributed by atoms with Gasteiger partial charge in [-0.15, -0.1) is 0 Å². The number of allylic oxidation sites excluding steroid dienone is 1. The van der Waals surface area contributed by atoms with Crippen LogP contribution in [0.2, 0.25) is 0 Å². The van der Waals surface area contributed by atoms with Gasteiger partial charge in [0.25, 0.3) is 0 Å². The monoisotopic (exact) mass is 169 g/mol. The van der Waals surface area contributed by atoms with Crippen LogP contribution < -0.4 is 5.73 Å². The molecule has 0 aromatic heterocycles. The van der Waals surface area contributed by atoms with Gasteiger partial charge in [0.05, 0.1) is 6.61 Å². The molecule has 0 aromatic carbocycles. The Morgan fingerprint density at radius 1 is 1.75 bits per heavy atom. The molecule has 0 unspecified atom stereocenters. The summed E-state index contributed by atoms with van der Waals surface area (Å²) < 4.78 is 4.77. The summed E-state index contributed by atoms with van der Waals surface area (Å²) in [5, 5.41) is 0. The molecular formula is C9H15NO2. The fourth-order valence-electron chi connectivity index (χ4n) is 1.32. The molecule has 1 saturated carbocycles. The first-order valence-corrected chi connectivity index (χ1v) is 4.32. The highest BCUT2D eigenvalue weighted by atomic mass is 16.5. The Balaban J connectivity index is 2.26. The van der Waals surface area contributed by atoms with Gasteiger partial charge in [-0.3, -0.25) is 0 Å². The van der Waals surface area contributed by atoms with Gasteiger partial charge in [-0.1, -0.05) is 5.57 Å². The molecule has 1 rings (SSSR count). The van der Waals surface area contributed by atoms with E-state index in [0.29, 0.717) is 12.5 Å². The molecule has 1 aliphatic rings. The Morgan fingerprint density at radius 3 is 2.92 bits per heavy atom. The van der Waals surface area contributed by atoms with Crippen LogP contribution >= 0.6 is 0 Å². The number of nitrogens with two attached hydrogens (primary N) is 1. The quantitative estimate of drug-likeness (QED) is 0.503. The number of carbonyl (C=O) groups excluding carboxylic acids is 1. The molecule has 1 aliphatic carbocycles. The maximum absolute atomic E-state index is 10.9. The molecule has 0 spiro atoms. The van der Waals surface area contributed by atoms with Gasteiger partial charge >= 0.3 is 5.97 Å². The zero-order valence-electron chi connectivity index (χ0n) is 7.38. The minimum Gasteiger partial charge on any atom is -0.463 e. The molecule has 0 saturated heterocycles. The summed E-state index contributed by atoms with van der Waals surface area (Å²) in [5.74, 6) is 0.369. The van der Waals surface area contributed by atoms with E-state index >= 15 is 0 Å². The number of rotatable bonds is 3. The first kappa shape index (κ1) is 9.26. The smallest absolute Gasteiger partial charge is 0.330 e. The van der Waals surface area contributed by atoms with Crippen LogP contribution in [0.4, 0.5) is 0 Å². The normalized spacial score (nSPS) is 21.5. The van der Waals surface area contributed by atoms with E-state index in [-0.39, 0.29) is 5.97 Å². The summed E-state index contributed by atoms with van der Waals surface area (Å²) in [6, 6.07) is 0. The Kier molecular flexibility index (Phi) is 3.29. The third kappa shape index (κ3) is 2.34. The van der Waals surface area contributed by atoms with Crippen LogP contribution in [0.5, 0.6) is 0 Å². The van der Waals surface area contributed by atoms with Gasteiger partial charge in [-0.25, -0.2) is 4.79 Å². The van der Waals surface area contributed by atoms with Crippen molar-refractivity contribution >= 4 is 5.97 Å². The average Bonchev–Trinajstić information content (AvgIpc) is 1.96. The number of hydrogen-bond donors (Lipinski definition) is 1. The largest absolute Gasteiger partial charge is 0.463 e. The maximum Gasteiger partial charge on any atom is 0.330 e. The third-order valence-electron chi connectivity index (χ3n) is 2.04.